The first-order chi connectivity index (χ1) is 10.2. The van der Waals surface area contributed by atoms with Gasteiger partial charge in [-0.2, -0.15) is 0 Å². The van der Waals surface area contributed by atoms with Gasteiger partial charge in [0.05, 0.1) is 12.8 Å². The second-order valence-corrected chi connectivity index (χ2v) is 6.63. The van der Waals surface area contributed by atoms with Gasteiger partial charge in [-0.1, -0.05) is 12.1 Å². The molecule has 0 aliphatic heterocycles. The smallest absolute Gasteiger partial charge is 0.118 e. The fourth-order valence-electron chi connectivity index (χ4n) is 4.19. The summed E-state index contributed by atoms with van der Waals surface area (Å²) in [5, 5.41) is 3.53. The largest absolute Gasteiger partial charge is 0.497 e. The Morgan fingerprint density at radius 1 is 1.14 bits per heavy atom. The normalized spacial score (nSPS) is 29.2. The number of methoxy groups -OCH3 is 1. The van der Waals surface area contributed by atoms with Crippen molar-refractivity contribution in [3.8, 4) is 5.75 Å². The fourth-order valence-corrected chi connectivity index (χ4v) is 4.19. The summed E-state index contributed by atoms with van der Waals surface area (Å²) in [6.45, 7) is 1.07. The Morgan fingerprint density at radius 2 is 1.90 bits per heavy atom. The van der Waals surface area contributed by atoms with E-state index in [1.54, 1.807) is 7.11 Å². The van der Waals surface area contributed by atoms with E-state index in [-0.39, 0.29) is 0 Å². The van der Waals surface area contributed by atoms with E-state index in [9.17, 15) is 0 Å². The highest BCUT2D eigenvalue weighted by Crippen LogP contribution is 2.73. The van der Waals surface area contributed by atoms with Crippen molar-refractivity contribution in [2.45, 2.75) is 24.7 Å². The van der Waals surface area contributed by atoms with E-state index in [2.05, 4.69) is 40.6 Å². The monoisotopic (exact) mass is 280 g/mol. The van der Waals surface area contributed by atoms with Crippen molar-refractivity contribution in [2.75, 3.05) is 19.0 Å². The van der Waals surface area contributed by atoms with Crippen molar-refractivity contribution >= 4 is 5.69 Å². The lowest BCUT2D eigenvalue weighted by atomic mass is 9.33. The number of pyridine rings is 1. The van der Waals surface area contributed by atoms with E-state index in [0.29, 0.717) is 10.8 Å². The third-order valence-electron chi connectivity index (χ3n) is 5.17. The number of benzene rings is 1. The summed E-state index contributed by atoms with van der Waals surface area (Å²) in [4.78, 5) is 4.15. The highest BCUT2D eigenvalue weighted by Gasteiger charge is 2.67. The van der Waals surface area contributed by atoms with Crippen molar-refractivity contribution < 1.29 is 4.74 Å². The maximum atomic E-state index is 5.24. The zero-order chi connectivity index (χ0) is 14.3. The van der Waals surface area contributed by atoms with Gasteiger partial charge in [0.15, 0.2) is 0 Å². The number of hydrogen-bond acceptors (Lipinski definition) is 3. The second-order valence-electron chi connectivity index (χ2n) is 6.63. The summed E-state index contributed by atoms with van der Waals surface area (Å²) < 4.78 is 5.24. The van der Waals surface area contributed by atoms with Crippen molar-refractivity contribution in [2.24, 2.45) is 5.41 Å². The molecule has 0 atom stereocenters. The number of nitrogens with zero attached hydrogens (tertiary/aromatic N) is 1. The Labute approximate surface area is 125 Å². The van der Waals surface area contributed by atoms with Crippen LogP contribution >= 0.6 is 0 Å². The molecule has 3 nitrogen and oxygen atoms in total. The summed E-state index contributed by atoms with van der Waals surface area (Å²) >= 11 is 0. The molecule has 5 rings (SSSR count). The molecule has 0 spiro atoms. The van der Waals surface area contributed by atoms with E-state index in [0.717, 1.165) is 18.0 Å². The van der Waals surface area contributed by atoms with Crippen LogP contribution in [0.1, 0.15) is 24.8 Å². The molecule has 1 heterocycles. The molecule has 1 aromatic carbocycles. The fraction of sp³-hybridized carbons (Fsp3) is 0.389. The van der Waals surface area contributed by atoms with E-state index in [1.807, 2.05) is 18.5 Å². The molecule has 1 aromatic heterocycles. The quantitative estimate of drug-likeness (QED) is 0.908. The van der Waals surface area contributed by atoms with Crippen molar-refractivity contribution in [1.82, 2.24) is 4.98 Å². The Bertz CT molecular complexity index is 616. The number of nitrogens with one attached hydrogen (secondary N) is 1. The van der Waals surface area contributed by atoms with Gasteiger partial charge in [0.2, 0.25) is 0 Å². The predicted octanol–water partition coefficient (Wildman–Crippen LogP) is 3.62. The summed E-state index contributed by atoms with van der Waals surface area (Å²) in [6, 6.07) is 12.7. The lowest BCUT2D eigenvalue weighted by Gasteiger charge is -2.71. The van der Waals surface area contributed by atoms with Crippen LogP contribution in [0, 0.1) is 5.41 Å². The van der Waals surface area contributed by atoms with E-state index < -0.39 is 0 Å². The molecule has 0 saturated heterocycles. The Morgan fingerprint density at radius 3 is 2.52 bits per heavy atom. The van der Waals surface area contributed by atoms with E-state index >= 15 is 0 Å². The minimum Gasteiger partial charge on any atom is -0.497 e. The van der Waals surface area contributed by atoms with E-state index in [4.69, 9.17) is 4.74 Å². The van der Waals surface area contributed by atoms with Crippen LogP contribution in [0.2, 0.25) is 0 Å². The third-order valence-corrected chi connectivity index (χ3v) is 5.17. The molecule has 21 heavy (non-hydrogen) atoms. The molecule has 3 heteroatoms. The molecule has 2 aromatic rings. The molecule has 3 aliphatic rings. The molecule has 3 fully saturated rings. The first-order valence-corrected chi connectivity index (χ1v) is 7.52. The summed E-state index contributed by atoms with van der Waals surface area (Å²) in [7, 11) is 1.72. The molecule has 1 N–H and O–H groups in total. The van der Waals surface area contributed by atoms with Crippen LogP contribution in [0.25, 0.3) is 0 Å². The molecule has 108 valence electrons. The van der Waals surface area contributed by atoms with Crippen LogP contribution in [-0.2, 0) is 5.41 Å². The van der Waals surface area contributed by atoms with Crippen molar-refractivity contribution in [3.05, 3.63) is 54.4 Å². The standard InChI is InChI=1S/C18H20N2O/c1-21-16-6-4-14(5-7-16)18-10-17(11-18,12-18)13-20-15-3-2-8-19-9-15/h2-9,20H,10-13H2,1H3. The first-order valence-electron chi connectivity index (χ1n) is 7.52. The van der Waals surface area contributed by atoms with Gasteiger partial charge in [0.25, 0.3) is 0 Å². The average Bonchev–Trinajstić information content (AvgIpc) is 2.46. The number of anilines is 1. The predicted molar refractivity (Wildman–Crippen MR) is 83.7 cm³/mol. The molecule has 0 unspecified atom stereocenters. The van der Waals surface area contributed by atoms with Gasteiger partial charge in [0.1, 0.15) is 5.75 Å². The van der Waals surface area contributed by atoms with Gasteiger partial charge in [0, 0.05) is 18.9 Å². The van der Waals surface area contributed by atoms with Gasteiger partial charge in [-0.05, 0) is 59.9 Å². The van der Waals surface area contributed by atoms with Crippen LogP contribution in [0.4, 0.5) is 5.69 Å². The molecule has 2 bridgehead atoms. The van der Waals surface area contributed by atoms with Crippen LogP contribution in [0.15, 0.2) is 48.8 Å². The van der Waals surface area contributed by atoms with E-state index in [1.165, 1.54) is 24.8 Å². The van der Waals surface area contributed by atoms with Gasteiger partial charge >= 0.3 is 0 Å². The molecule has 0 amide bonds. The maximum absolute atomic E-state index is 5.24. The zero-order valence-electron chi connectivity index (χ0n) is 12.3. The molecular weight excluding hydrogens is 260 g/mol. The summed E-state index contributed by atoms with van der Waals surface area (Å²) in [5.41, 5.74) is 3.56. The zero-order valence-corrected chi connectivity index (χ0v) is 12.3. The van der Waals surface area contributed by atoms with Gasteiger partial charge in [-0.3, -0.25) is 4.98 Å². The Balaban J connectivity index is 1.37. The van der Waals surface area contributed by atoms with Gasteiger partial charge < -0.3 is 10.1 Å². The SMILES string of the molecule is COc1ccc(C23CC(CNc4cccnc4)(C2)C3)cc1. The third kappa shape index (κ3) is 1.99. The minimum atomic E-state index is 0.447. The number of aromatic nitrogens is 1. The van der Waals surface area contributed by atoms with Gasteiger partial charge in [-0.25, -0.2) is 0 Å². The summed E-state index contributed by atoms with van der Waals surface area (Å²) in [6.07, 6.45) is 7.62. The maximum Gasteiger partial charge on any atom is 0.118 e. The Kier molecular flexibility index (Phi) is 2.71. The van der Waals surface area contributed by atoms with Crippen LogP contribution in [-0.4, -0.2) is 18.6 Å². The van der Waals surface area contributed by atoms with Crippen molar-refractivity contribution in [3.63, 3.8) is 0 Å². The lowest BCUT2D eigenvalue weighted by Crippen LogP contribution is -2.66. The lowest BCUT2D eigenvalue weighted by molar-refractivity contribution is -0.129. The Hall–Kier alpha value is -2.03. The highest BCUT2D eigenvalue weighted by molar-refractivity contribution is 5.45. The van der Waals surface area contributed by atoms with Crippen LogP contribution < -0.4 is 10.1 Å². The highest BCUT2D eigenvalue weighted by atomic mass is 16.5. The second kappa shape index (κ2) is 4.48. The number of hydrogen-bond donors (Lipinski definition) is 1. The molecule has 3 aliphatic carbocycles. The summed E-state index contributed by atoms with van der Waals surface area (Å²) in [5.74, 6) is 0.943. The molecule has 0 radical (unpaired) electrons. The average molecular weight is 280 g/mol. The first kappa shape index (κ1) is 12.7. The number of rotatable bonds is 5. The molecule has 3 saturated carbocycles. The number of ether oxygens (including phenoxy) is 1. The van der Waals surface area contributed by atoms with Gasteiger partial charge in [-0.15, -0.1) is 0 Å². The van der Waals surface area contributed by atoms with Crippen LogP contribution in [0.5, 0.6) is 5.75 Å². The molecular formula is C18H20N2O. The van der Waals surface area contributed by atoms with Crippen molar-refractivity contribution in [1.29, 1.82) is 0 Å². The minimum absolute atomic E-state index is 0.447. The van der Waals surface area contributed by atoms with Crippen LogP contribution in [0.3, 0.4) is 0 Å². The topological polar surface area (TPSA) is 34.1 Å².